The monoisotopic (exact) mass is 529 g/mol. The Kier molecular flexibility index (Phi) is 7.97. The SMILES string of the molecule is CC[SH](CC)c1ccc(C(CCO)c2nc3c(Cl)c(N4CCC(F)(F)CC4)c(Cl)cc3[nH]2)cc1. The van der Waals surface area contributed by atoms with Gasteiger partial charge >= 0.3 is 0 Å². The number of aliphatic hydroxyl groups is 1. The summed E-state index contributed by atoms with van der Waals surface area (Å²) in [4.78, 5) is 11.3. The van der Waals surface area contributed by atoms with Crippen LogP contribution in [0.2, 0.25) is 10.0 Å². The lowest BCUT2D eigenvalue weighted by atomic mass is 9.95. The fourth-order valence-corrected chi connectivity index (χ4v) is 7.18. The van der Waals surface area contributed by atoms with E-state index in [4.69, 9.17) is 28.2 Å². The summed E-state index contributed by atoms with van der Waals surface area (Å²) in [6.07, 6.45) is 0.0571. The summed E-state index contributed by atoms with van der Waals surface area (Å²) in [7, 11) is -0.142. The van der Waals surface area contributed by atoms with E-state index in [9.17, 15) is 13.9 Å². The normalized spacial score (nSPS) is 17.3. The molecule has 1 fully saturated rings. The van der Waals surface area contributed by atoms with E-state index in [1.807, 2.05) is 4.90 Å². The van der Waals surface area contributed by atoms with Gasteiger partial charge in [0.05, 0.1) is 21.2 Å². The molecule has 1 aliphatic rings. The van der Waals surface area contributed by atoms with Gasteiger partial charge in [-0.25, -0.2) is 24.7 Å². The van der Waals surface area contributed by atoms with Crippen LogP contribution in [-0.4, -0.2) is 52.2 Å². The van der Waals surface area contributed by atoms with Gasteiger partial charge in [0.1, 0.15) is 11.3 Å². The molecule has 9 heteroatoms. The Morgan fingerprint density at radius 2 is 1.79 bits per heavy atom. The van der Waals surface area contributed by atoms with Gasteiger partial charge in [0, 0.05) is 38.5 Å². The minimum Gasteiger partial charge on any atom is -0.396 e. The lowest BCUT2D eigenvalue weighted by molar-refractivity contribution is -0.0220. The number of hydrogen-bond acceptors (Lipinski definition) is 3. The molecule has 0 saturated carbocycles. The number of aromatic amines is 1. The number of fused-ring (bicyclic) bond motifs is 1. The van der Waals surface area contributed by atoms with Crippen molar-refractivity contribution in [2.45, 2.75) is 49.8 Å². The van der Waals surface area contributed by atoms with Crippen molar-refractivity contribution in [3.8, 4) is 0 Å². The van der Waals surface area contributed by atoms with Crippen molar-refractivity contribution in [3.05, 3.63) is 51.8 Å². The second-order valence-corrected chi connectivity index (χ2v) is 12.4. The molecule has 1 atom stereocenters. The third-order valence-electron chi connectivity index (χ3n) is 6.65. The van der Waals surface area contributed by atoms with Crippen LogP contribution in [0.1, 0.15) is 50.4 Å². The van der Waals surface area contributed by atoms with Gasteiger partial charge in [0.15, 0.2) is 0 Å². The first-order valence-corrected chi connectivity index (χ1v) is 14.2. The smallest absolute Gasteiger partial charge is 0.251 e. The highest BCUT2D eigenvalue weighted by atomic mass is 35.5. The highest BCUT2D eigenvalue weighted by molar-refractivity contribution is 8.17. The fraction of sp³-hybridized carbons (Fsp3) is 0.480. The van der Waals surface area contributed by atoms with Crippen molar-refractivity contribution in [3.63, 3.8) is 0 Å². The number of anilines is 1. The molecule has 2 aromatic carbocycles. The molecular formula is C25H31Cl2F2N3OS. The molecule has 186 valence electrons. The van der Waals surface area contributed by atoms with E-state index >= 15 is 0 Å². The summed E-state index contributed by atoms with van der Waals surface area (Å²) in [5.41, 5.74) is 2.88. The Balaban J connectivity index is 1.68. The molecular weight excluding hydrogens is 499 g/mol. The summed E-state index contributed by atoms with van der Waals surface area (Å²) >= 11 is 13.3. The van der Waals surface area contributed by atoms with Crippen LogP contribution in [0.5, 0.6) is 0 Å². The van der Waals surface area contributed by atoms with E-state index in [-0.39, 0.29) is 49.4 Å². The topological polar surface area (TPSA) is 52.2 Å². The Hall–Kier alpha value is -1.54. The number of thiol groups is 1. The largest absolute Gasteiger partial charge is 0.396 e. The van der Waals surface area contributed by atoms with Crippen LogP contribution in [0.15, 0.2) is 35.2 Å². The predicted molar refractivity (Wildman–Crippen MR) is 141 cm³/mol. The Morgan fingerprint density at radius 1 is 1.15 bits per heavy atom. The van der Waals surface area contributed by atoms with Gasteiger partial charge < -0.3 is 15.0 Å². The van der Waals surface area contributed by atoms with E-state index < -0.39 is 5.92 Å². The number of alkyl halides is 2. The summed E-state index contributed by atoms with van der Waals surface area (Å²) < 4.78 is 27.3. The van der Waals surface area contributed by atoms with Crippen LogP contribution in [-0.2, 0) is 0 Å². The fourth-order valence-electron chi connectivity index (χ4n) is 4.70. The number of piperidine rings is 1. The number of nitrogens with one attached hydrogen (secondary N) is 1. The summed E-state index contributed by atoms with van der Waals surface area (Å²) in [5.74, 6) is 0.232. The lowest BCUT2D eigenvalue weighted by Gasteiger charge is -2.34. The molecule has 1 aromatic heterocycles. The van der Waals surface area contributed by atoms with Crippen LogP contribution in [0.3, 0.4) is 0 Å². The number of hydrogen-bond donors (Lipinski definition) is 3. The van der Waals surface area contributed by atoms with Gasteiger partial charge in [-0.05, 0) is 34.5 Å². The van der Waals surface area contributed by atoms with Crippen LogP contribution in [0.25, 0.3) is 11.0 Å². The molecule has 1 saturated heterocycles. The van der Waals surface area contributed by atoms with Gasteiger partial charge in [0.2, 0.25) is 0 Å². The zero-order valence-electron chi connectivity index (χ0n) is 19.4. The molecule has 1 aliphatic heterocycles. The molecule has 2 N–H and O–H groups in total. The second-order valence-electron chi connectivity index (χ2n) is 8.71. The average molecular weight is 531 g/mol. The molecule has 0 bridgehead atoms. The number of aliphatic hydroxyl groups excluding tert-OH is 1. The number of imidazole rings is 1. The van der Waals surface area contributed by atoms with Gasteiger partial charge in [-0.3, -0.25) is 0 Å². The minimum atomic E-state index is -2.65. The predicted octanol–water partition coefficient (Wildman–Crippen LogP) is 7.02. The molecule has 1 unspecified atom stereocenters. The Bertz CT molecular complexity index is 1130. The van der Waals surface area contributed by atoms with E-state index in [2.05, 4.69) is 43.1 Å². The number of benzene rings is 2. The summed E-state index contributed by atoms with van der Waals surface area (Å²) in [6, 6.07) is 10.4. The lowest BCUT2D eigenvalue weighted by Crippen LogP contribution is -2.39. The zero-order valence-corrected chi connectivity index (χ0v) is 21.8. The van der Waals surface area contributed by atoms with Crippen molar-refractivity contribution >= 4 is 50.8 Å². The maximum absolute atomic E-state index is 13.7. The van der Waals surface area contributed by atoms with E-state index in [0.717, 1.165) is 17.1 Å². The first kappa shape index (κ1) is 25.5. The van der Waals surface area contributed by atoms with Crippen LogP contribution in [0, 0.1) is 0 Å². The van der Waals surface area contributed by atoms with Gasteiger partial charge in [0.25, 0.3) is 5.92 Å². The third kappa shape index (κ3) is 5.18. The van der Waals surface area contributed by atoms with Crippen molar-refractivity contribution in [1.29, 1.82) is 0 Å². The van der Waals surface area contributed by atoms with Crippen LogP contribution < -0.4 is 4.90 Å². The number of nitrogens with zero attached hydrogens (tertiary/aromatic N) is 2. The van der Waals surface area contributed by atoms with Crippen LogP contribution >= 0.6 is 34.1 Å². The molecule has 34 heavy (non-hydrogen) atoms. The van der Waals surface area contributed by atoms with Gasteiger partial charge in [-0.15, -0.1) is 0 Å². The Labute approximate surface area is 212 Å². The standard InChI is InChI=1S/C25H31Cl2F2N3OS/c1-3-34(4-2)17-7-5-16(6-8-17)18(9-14-33)24-30-20-15-19(26)23(21(27)22(20)31-24)32-12-10-25(28,29)11-13-32/h5-8,15,18,33-34H,3-4,9-14H2,1-2H3,(H,30,31). The molecule has 0 spiro atoms. The molecule has 0 aliphatic carbocycles. The number of aromatic nitrogens is 2. The molecule has 0 amide bonds. The average Bonchev–Trinajstić information content (AvgIpc) is 3.24. The highest BCUT2D eigenvalue weighted by Gasteiger charge is 2.35. The van der Waals surface area contributed by atoms with Gasteiger partial charge in [-0.1, -0.05) is 61.3 Å². The van der Waals surface area contributed by atoms with E-state index in [1.54, 1.807) is 6.07 Å². The maximum atomic E-state index is 13.7. The zero-order chi connectivity index (χ0) is 24.5. The Morgan fingerprint density at radius 3 is 2.38 bits per heavy atom. The third-order valence-corrected chi connectivity index (χ3v) is 9.85. The first-order valence-electron chi connectivity index (χ1n) is 11.7. The first-order chi connectivity index (χ1) is 16.3. The maximum Gasteiger partial charge on any atom is 0.251 e. The molecule has 2 heterocycles. The molecule has 4 rings (SSSR count). The number of H-pyrrole nitrogens is 1. The van der Waals surface area contributed by atoms with E-state index in [0.29, 0.717) is 39.0 Å². The van der Waals surface area contributed by atoms with Crippen molar-refractivity contribution in [2.24, 2.45) is 0 Å². The quantitative estimate of drug-likeness (QED) is 0.275. The number of rotatable bonds is 8. The van der Waals surface area contributed by atoms with E-state index in [1.165, 1.54) is 4.90 Å². The van der Waals surface area contributed by atoms with Crippen molar-refractivity contribution < 1.29 is 13.9 Å². The summed E-state index contributed by atoms with van der Waals surface area (Å²) in [6.45, 7) is 4.84. The minimum absolute atomic E-state index is 0.0157. The van der Waals surface area contributed by atoms with Crippen LogP contribution in [0.4, 0.5) is 14.5 Å². The molecule has 0 radical (unpaired) electrons. The highest BCUT2D eigenvalue weighted by Crippen LogP contribution is 2.43. The van der Waals surface area contributed by atoms with Gasteiger partial charge in [-0.2, -0.15) is 0 Å². The van der Waals surface area contributed by atoms with Crippen molar-refractivity contribution in [1.82, 2.24) is 9.97 Å². The second kappa shape index (κ2) is 10.6. The van der Waals surface area contributed by atoms with Crippen molar-refractivity contribution in [2.75, 3.05) is 36.1 Å². The molecule has 4 nitrogen and oxygen atoms in total. The number of halogens is 4. The molecule has 3 aromatic rings. The summed E-state index contributed by atoms with van der Waals surface area (Å²) in [5, 5.41) is 10.5.